The van der Waals surface area contributed by atoms with E-state index in [0.717, 1.165) is 43.6 Å². The summed E-state index contributed by atoms with van der Waals surface area (Å²) in [6.07, 6.45) is 8.09. The highest BCUT2D eigenvalue weighted by molar-refractivity contribution is 6.06. The van der Waals surface area contributed by atoms with E-state index < -0.39 is 0 Å². The van der Waals surface area contributed by atoms with Gasteiger partial charge >= 0.3 is 0 Å². The Morgan fingerprint density at radius 1 is 0.806 bits per heavy atom. The molecule has 0 atom stereocenters. The maximum atomic E-state index is 13.3. The minimum atomic E-state index is -0.170. The third kappa shape index (κ3) is 6.97. The SMILES string of the molecule is CCCCCc1ccc(C(=O)Nc2ccc(N3CCCCC3)c(C(=O)NCc3ccccc3)c2)cc1. The number of hydrogen-bond acceptors (Lipinski definition) is 3. The van der Waals surface area contributed by atoms with E-state index in [1.165, 1.54) is 31.2 Å². The minimum absolute atomic E-state index is 0.132. The summed E-state index contributed by atoms with van der Waals surface area (Å²) in [6, 6.07) is 23.4. The average molecular weight is 484 g/mol. The third-order valence-electron chi connectivity index (χ3n) is 6.78. The molecule has 2 N–H and O–H groups in total. The van der Waals surface area contributed by atoms with Gasteiger partial charge in [-0.2, -0.15) is 0 Å². The summed E-state index contributed by atoms with van der Waals surface area (Å²) < 4.78 is 0. The van der Waals surface area contributed by atoms with Gasteiger partial charge in [0.05, 0.1) is 5.56 Å². The number of carbonyl (C=O) groups is 2. The first kappa shape index (κ1) is 25.5. The Kier molecular flexibility index (Phi) is 9.15. The van der Waals surface area contributed by atoms with Crippen molar-refractivity contribution in [1.82, 2.24) is 5.32 Å². The quantitative estimate of drug-likeness (QED) is 0.320. The highest BCUT2D eigenvalue weighted by Gasteiger charge is 2.20. The Balaban J connectivity index is 1.48. The predicted octanol–water partition coefficient (Wildman–Crippen LogP) is 6.59. The summed E-state index contributed by atoms with van der Waals surface area (Å²) in [6.45, 7) is 4.54. The van der Waals surface area contributed by atoms with Gasteiger partial charge < -0.3 is 15.5 Å². The van der Waals surface area contributed by atoms with Crippen LogP contribution >= 0.6 is 0 Å². The van der Waals surface area contributed by atoms with Crippen molar-refractivity contribution in [1.29, 1.82) is 0 Å². The van der Waals surface area contributed by atoms with Crippen molar-refractivity contribution in [2.75, 3.05) is 23.3 Å². The van der Waals surface area contributed by atoms with Gasteiger partial charge in [0.25, 0.3) is 11.8 Å². The van der Waals surface area contributed by atoms with Crippen LogP contribution in [0.5, 0.6) is 0 Å². The van der Waals surface area contributed by atoms with Gasteiger partial charge in [0.2, 0.25) is 0 Å². The van der Waals surface area contributed by atoms with E-state index >= 15 is 0 Å². The summed E-state index contributed by atoms with van der Waals surface area (Å²) in [5.74, 6) is -0.302. The second-order valence-electron chi connectivity index (χ2n) is 9.56. The van der Waals surface area contributed by atoms with Crippen molar-refractivity contribution < 1.29 is 9.59 Å². The number of amides is 2. The van der Waals surface area contributed by atoms with Crippen LogP contribution in [0.1, 0.15) is 77.3 Å². The van der Waals surface area contributed by atoms with Crippen molar-refractivity contribution in [2.45, 2.75) is 58.4 Å². The standard InChI is InChI=1S/C31H37N3O2/c1-2-3-6-11-24-14-16-26(17-15-24)30(35)33-27-18-19-29(34-20-9-5-10-21-34)28(22-27)31(36)32-23-25-12-7-4-8-13-25/h4,7-8,12-19,22H,2-3,5-6,9-11,20-21,23H2,1H3,(H,32,36)(H,33,35). The maximum absolute atomic E-state index is 13.3. The van der Waals surface area contributed by atoms with Crippen LogP contribution in [0.15, 0.2) is 72.8 Å². The van der Waals surface area contributed by atoms with Crippen molar-refractivity contribution in [3.63, 3.8) is 0 Å². The predicted molar refractivity (Wildman–Crippen MR) is 148 cm³/mol. The Morgan fingerprint density at radius 3 is 2.28 bits per heavy atom. The summed E-state index contributed by atoms with van der Waals surface area (Å²) in [4.78, 5) is 28.5. The van der Waals surface area contributed by atoms with Crippen LogP contribution < -0.4 is 15.5 Å². The van der Waals surface area contributed by atoms with Crippen molar-refractivity contribution in [3.05, 3.63) is 95.1 Å². The first-order chi connectivity index (χ1) is 17.6. The van der Waals surface area contributed by atoms with Gasteiger partial charge in [-0.3, -0.25) is 9.59 Å². The number of carbonyl (C=O) groups excluding carboxylic acids is 2. The Morgan fingerprint density at radius 2 is 1.56 bits per heavy atom. The van der Waals surface area contributed by atoms with Gasteiger partial charge in [-0.25, -0.2) is 0 Å². The molecule has 36 heavy (non-hydrogen) atoms. The zero-order chi connectivity index (χ0) is 25.2. The van der Waals surface area contributed by atoms with Gasteiger partial charge in [-0.05, 0) is 73.6 Å². The topological polar surface area (TPSA) is 61.4 Å². The van der Waals surface area contributed by atoms with E-state index in [1.807, 2.05) is 66.7 Å². The van der Waals surface area contributed by atoms with E-state index in [-0.39, 0.29) is 11.8 Å². The molecule has 3 aromatic rings. The highest BCUT2D eigenvalue weighted by atomic mass is 16.2. The lowest BCUT2D eigenvalue weighted by molar-refractivity contribution is 0.0950. The molecular formula is C31H37N3O2. The molecule has 4 rings (SSSR count). The fourth-order valence-corrected chi connectivity index (χ4v) is 4.68. The lowest BCUT2D eigenvalue weighted by Gasteiger charge is -2.30. The number of nitrogens with zero attached hydrogens (tertiary/aromatic N) is 1. The first-order valence-corrected chi connectivity index (χ1v) is 13.3. The van der Waals surface area contributed by atoms with Crippen LogP contribution in [-0.2, 0) is 13.0 Å². The fourth-order valence-electron chi connectivity index (χ4n) is 4.68. The van der Waals surface area contributed by atoms with Gasteiger partial charge in [0.1, 0.15) is 0 Å². The molecule has 1 saturated heterocycles. The molecule has 1 heterocycles. The molecule has 1 fully saturated rings. The summed E-state index contributed by atoms with van der Waals surface area (Å²) in [5.41, 5.74) is 5.06. The van der Waals surface area contributed by atoms with Gasteiger partial charge in [-0.1, -0.05) is 62.2 Å². The molecule has 1 aliphatic rings. The number of rotatable bonds is 10. The minimum Gasteiger partial charge on any atom is -0.371 e. The summed E-state index contributed by atoms with van der Waals surface area (Å²) >= 11 is 0. The fraction of sp³-hybridized carbons (Fsp3) is 0.355. The molecule has 1 aliphatic heterocycles. The first-order valence-electron chi connectivity index (χ1n) is 13.3. The summed E-state index contributed by atoms with van der Waals surface area (Å²) in [5, 5.41) is 6.05. The molecule has 188 valence electrons. The number of piperidine rings is 1. The van der Waals surface area contributed by atoms with Crippen LogP contribution in [0.25, 0.3) is 0 Å². The zero-order valence-corrected chi connectivity index (χ0v) is 21.3. The lowest BCUT2D eigenvalue weighted by Crippen LogP contribution is -2.32. The number of anilines is 2. The van der Waals surface area contributed by atoms with Crippen LogP contribution in [0, 0.1) is 0 Å². The molecule has 3 aromatic carbocycles. The lowest BCUT2D eigenvalue weighted by atomic mass is 10.0. The van der Waals surface area contributed by atoms with Crippen LogP contribution in [-0.4, -0.2) is 24.9 Å². The second kappa shape index (κ2) is 12.9. The third-order valence-corrected chi connectivity index (χ3v) is 6.78. The van der Waals surface area contributed by atoms with Gasteiger partial charge in [-0.15, -0.1) is 0 Å². The molecule has 0 aliphatic carbocycles. The molecule has 0 spiro atoms. The molecule has 2 amide bonds. The monoisotopic (exact) mass is 483 g/mol. The molecule has 0 saturated carbocycles. The normalized spacial score (nSPS) is 13.3. The van der Waals surface area contributed by atoms with E-state index in [9.17, 15) is 9.59 Å². The number of benzene rings is 3. The van der Waals surface area contributed by atoms with E-state index in [2.05, 4.69) is 22.5 Å². The molecule has 5 nitrogen and oxygen atoms in total. The number of nitrogens with one attached hydrogen (secondary N) is 2. The molecule has 0 aromatic heterocycles. The smallest absolute Gasteiger partial charge is 0.255 e. The molecule has 5 heteroatoms. The van der Waals surface area contributed by atoms with Crippen LogP contribution in [0.3, 0.4) is 0 Å². The number of hydrogen-bond donors (Lipinski definition) is 2. The average Bonchev–Trinajstić information content (AvgIpc) is 2.93. The Hall–Kier alpha value is -3.60. The maximum Gasteiger partial charge on any atom is 0.255 e. The molecule has 0 unspecified atom stereocenters. The molecule has 0 radical (unpaired) electrons. The van der Waals surface area contributed by atoms with Crippen molar-refractivity contribution >= 4 is 23.2 Å². The van der Waals surface area contributed by atoms with E-state index in [4.69, 9.17) is 0 Å². The van der Waals surface area contributed by atoms with Gasteiger partial charge in [0, 0.05) is 36.6 Å². The van der Waals surface area contributed by atoms with Crippen LogP contribution in [0.4, 0.5) is 11.4 Å². The molecule has 0 bridgehead atoms. The number of unbranched alkanes of at least 4 members (excludes halogenated alkanes) is 2. The van der Waals surface area contributed by atoms with Crippen LogP contribution in [0.2, 0.25) is 0 Å². The second-order valence-corrected chi connectivity index (χ2v) is 9.56. The van der Waals surface area contributed by atoms with E-state index in [0.29, 0.717) is 23.4 Å². The van der Waals surface area contributed by atoms with Crippen molar-refractivity contribution in [3.8, 4) is 0 Å². The largest absolute Gasteiger partial charge is 0.371 e. The Bertz CT molecular complexity index is 1140. The van der Waals surface area contributed by atoms with Gasteiger partial charge in [0.15, 0.2) is 0 Å². The van der Waals surface area contributed by atoms with E-state index in [1.54, 1.807) is 6.07 Å². The highest BCUT2D eigenvalue weighted by Crippen LogP contribution is 2.28. The Labute approximate surface area is 214 Å². The summed E-state index contributed by atoms with van der Waals surface area (Å²) in [7, 11) is 0. The molecular weight excluding hydrogens is 446 g/mol. The van der Waals surface area contributed by atoms with Crippen molar-refractivity contribution in [2.24, 2.45) is 0 Å². The number of aryl methyl sites for hydroxylation is 1. The zero-order valence-electron chi connectivity index (χ0n) is 21.3.